The number of aromatic nitrogens is 3. The van der Waals surface area contributed by atoms with E-state index in [2.05, 4.69) is 29.0 Å². The SMILES string of the molecule is CC(C)C(N)c1nc(-c2cccs2)n[nH]1. The lowest BCUT2D eigenvalue weighted by molar-refractivity contribution is 0.492. The molecule has 0 amide bonds. The Morgan fingerprint density at radius 3 is 2.87 bits per heavy atom. The van der Waals surface area contributed by atoms with Gasteiger partial charge in [-0.05, 0) is 17.4 Å². The molecule has 15 heavy (non-hydrogen) atoms. The van der Waals surface area contributed by atoms with Crippen molar-refractivity contribution in [1.29, 1.82) is 0 Å². The van der Waals surface area contributed by atoms with Crippen molar-refractivity contribution in [3.8, 4) is 10.7 Å². The van der Waals surface area contributed by atoms with Crippen molar-refractivity contribution < 1.29 is 0 Å². The first-order valence-corrected chi connectivity index (χ1v) is 5.78. The van der Waals surface area contributed by atoms with E-state index in [4.69, 9.17) is 5.73 Å². The molecule has 0 aliphatic rings. The maximum Gasteiger partial charge on any atom is 0.191 e. The van der Waals surface area contributed by atoms with Gasteiger partial charge in [-0.1, -0.05) is 19.9 Å². The van der Waals surface area contributed by atoms with Crippen molar-refractivity contribution in [2.75, 3.05) is 0 Å². The molecular weight excluding hydrogens is 208 g/mol. The minimum Gasteiger partial charge on any atom is -0.321 e. The largest absolute Gasteiger partial charge is 0.321 e. The molecule has 0 radical (unpaired) electrons. The smallest absolute Gasteiger partial charge is 0.191 e. The number of nitrogens with two attached hydrogens (primary N) is 1. The third-order valence-corrected chi connectivity index (χ3v) is 3.14. The molecule has 0 saturated heterocycles. The molecule has 2 heterocycles. The second kappa shape index (κ2) is 4.12. The summed E-state index contributed by atoms with van der Waals surface area (Å²) < 4.78 is 0. The Bertz CT molecular complexity index is 418. The van der Waals surface area contributed by atoms with Crippen LogP contribution in [0.25, 0.3) is 10.7 Å². The van der Waals surface area contributed by atoms with E-state index in [0.717, 1.165) is 16.5 Å². The number of H-pyrrole nitrogens is 1. The van der Waals surface area contributed by atoms with Crippen molar-refractivity contribution in [3.05, 3.63) is 23.3 Å². The van der Waals surface area contributed by atoms with Gasteiger partial charge in [0.05, 0.1) is 10.9 Å². The van der Waals surface area contributed by atoms with E-state index < -0.39 is 0 Å². The monoisotopic (exact) mass is 222 g/mol. The van der Waals surface area contributed by atoms with Gasteiger partial charge in [0.1, 0.15) is 5.82 Å². The first-order valence-electron chi connectivity index (χ1n) is 4.90. The van der Waals surface area contributed by atoms with Crippen LogP contribution in [0.5, 0.6) is 0 Å². The van der Waals surface area contributed by atoms with Gasteiger partial charge in [0, 0.05) is 0 Å². The maximum absolute atomic E-state index is 5.97. The molecular formula is C10H14N4S. The van der Waals surface area contributed by atoms with Gasteiger partial charge in [0.15, 0.2) is 5.82 Å². The minimum atomic E-state index is -0.0776. The fraction of sp³-hybridized carbons (Fsp3) is 0.400. The second-order valence-corrected chi connectivity index (χ2v) is 4.74. The van der Waals surface area contributed by atoms with Crippen LogP contribution in [-0.2, 0) is 0 Å². The third kappa shape index (κ3) is 2.08. The lowest BCUT2D eigenvalue weighted by Crippen LogP contribution is -2.18. The summed E-state index contributed by atoms with van der Waals surface area (Å²) in [5.74, 6) is 1.85. The lowest BCUT2D eigenvalue weighted by Gasteiger charge is -2.10. The molecule has 0 aliphatic heterocycles. The quantitative estimate of drug-likeness (QED) is 0.836. The van der Waals surface area contributed by atoms with Crippen molar-refractivity contribution in [3.63, 3.8) is 0 Å². The van der Waals surface area contributed by atoms with Crippen LogP contribution in [0, 0.1) is 5.92 Å². The van der Waals surface area contributed by atoms with Gasteiger partial charge in [-0.3, -0.25) is 5.10 Å². The molecule has 5 heteroatoms. The fourth-order valence-electron chi connectivity index (χ4n) is 1.26. The van der Waals surface area contributed by atoms with Gasteiger partial charge in [-0.25, -0.2) is 4.98 Å². The van der Waals surface area contributed by atoms with Crippen molar-refractivity contribution in [1.82, 2.24) is 15.2 Å². The highest BCUT2D eigenvalue weighted by Gasteiger charge is 2.15. The molecule has 2 aromatic rings. The zero-order valence-electron chi connectivity index (χ0n) is 8.77. The Hall–Kier alpha value is -1.20. The van der Waals surface area contributed by atoms with Crippen LogP contribution in [0.2, 0.25) is 0 Å². The van der Waals surface area contributed by atoms with Crippen LogP contribution in [0.3, 0.4) is 0 Å². The number of thiophene rings is 1. The average Bonchev–Trinajstić information content (AvgIpc) is 2.86. The third-order valence-electron chi connectivity index (χ3n) is 2.28. The summed E-state index contributed by atoms with van der Waals surface area (Å²) in [6.45, 7) is 4.13. The molecule has 3 N–H and O–H groups in total. The highest BCUT2D eigenvalue weighted by molar-refractivity contribution is 7.13. The summed E-state index contributed by atoms with van der Waals surface area (Å²) in [4.78, 5) is 5.46. The predicted octanol–water partition coefficient (Wildman–Crippen LogP) is 2.19. The zero-order chi connectivity index (χ0) is 10.8. The van der Waals surface area contributed by atoms with Gasteiger partial charge in [0.25, 0.3) is 0 Å². The van der Waals surface area contributed by atoms with Crippen molar-refractivity contribution in [2.24, 2.45) is 11.7 Å². The molecule has 2 rings (SSSR count). The molecule has 1 unspecified atom stereocenters. The molecule has 0 bridgehead atoms. The number of hydrogen-bond donors (Lipinski definition) is 2. The Labute approximate surface area is 92.5 Å². The molecule has 0 saturated carbocycles. The van der Waals surface area contributed by atoms with E-state index in [0.29, 0.717) is 5.92 Å². The van der Waals surface area contributed by atoms with E-state index in [-0.39, 0.29) is 6.04 Å². The first-order chi connectivity index (χ1) is 7.18. The molecule has 0 spiro atoms. The maximum atomic E-state index is 5.97. The molecule has 0 aliphatic carbocycles. The summed E-state index contributed by atoms with van der Waals surface area (Å²) in [6, 6.07) is 3.91. The Kier molecular flexibility index (Phi) is 2.83. The van der Waals surface area contributed by atoms with Crippen LogP contribution >= 0.6 is 11.3 Å². The van der Waals surface area contributed by atoms with Gasteiger partial charge < -0.3 is 5.73 Å². The van der Waals surface area contributed by atoms with Crippen molar-refractivity contribution >= 4 is 11.3 Å². The predicted molar refractivity (Wildman–Crippen MR) is 61.5 cm³/mol. The van der Waals surface area contributed by atoms with E-state index in [1.807, 2.05) is 17.5 Å². The highest BCUT2D eigenvalue weighted by Crippen LogP contribution is 2.22. The number of hydrogen-bond acceptors (Lipinski definition) is 4. The number of nitrogens with one attached hydrogen (secondary N) is 1. The van der Waals surface area contributed by atoms with Crippen LogP contribution in [-0.4, -0.2) is 15.2 Å². The van der Waals surface area contributed by atoms with Crippen molar-refractivity contribution in [2.45, 2.75) is 19.9 Å². The normalized spacial score (nSPS) is 13.3. The van der Waals surface area contributed by atoms with Gasteiger partial charge in [-0.15, -0.1) is 11.3 Å². The number of rotatable bonds is 3. The number of nitrogens with zero attached hydrogens (tertiary/aromatic N) is 2. The lowest BCUT2D eigenvalue weighted by atomic mass is 10.1. The van der Waals surface area contributed by atoms with Gasteiger partial charge >= 0.3 is 0 Å². The first kappa shape index (κ1) is 10.3. The molecule has 0 fully saturated rings. The van der Waals surface area contributed by atoms with Crippen LogP contribution in [0.1, 0.15) is 25.7 Å². The van der Waals surface area contributed by atoms with E-state index in [1.54, 1.807) is 11.3 Å². The number of aromatic amines is 1. The standard InChI is InChI=1S/C10H14N4S/c1-6(2)8(11)10-12-9(13-14-10)7-4-3-5-15-7/h3-6,8H,11H2,1-2H3,(H,12,13,14). The highest BCUT2D eigenvalue weighted by atomic mass is 32.1. The fourth-order valence-corrected chi connectivity index (χ4v) is 1.91. The van der Waals surface area contributed by atoms with E-state index >= 15 is 0 Å². The molecule has 80 valence electrons. The van der Waals surface area contributed by atoms with Gasteiger partial charge in [0.2, 0.25) is 0 Å². The molecule has 2 aromatic heterocycles. The zero-order valence-corrected chi connectivity index (χ0v) is 9.58. The molecule has 0 aromatic carbocycles. The van der Waals surface area contributed by atoms with Crippen LogP contribution in [0.15, 0.2) is 17.5 Å². The average molecular weight is 222 g/mol. The van der Waals surface area contributed by atoms with Gasteiger partial charge in [-0.2, -0.15) is 5.10 Å². The molecule has 1 atom stereocenters. The topological polar surface area (TPSA) is 67.6 Å². The Morgan fingerprint density at radius 1 is 1.47 bits per heavy atom. The summed E-state index contributed by atoms with van der Waals surface area (Å²) >= 11 is 1.62. The van der Waals surface area contributed by atoms with Crippen LogP contribution in [0.4, 0.5) is 0 Å². The van der Waals surface area contributed by atoms with Crippen LogP contribution < -0.4 is 5.73 Å². The minimum absolute atomic E-state index is 0.0776. The van der Waals surface area contributed by atoms with E-state index in [1.165, 1.54) is 0 Å². The molecule has 4 nitrogen and oxygen atoms in total. The Balaban J connectivity index is 2.25. The summed E-state index contributed by atoms with van der Waals surface area (Å²) in [7, 11) is 0. The Morgan fingerprint density at radius 2 is 2.27 bits per heavy atom. The summed E-state index contributed by atoms with van der Waals surface area (Å²) in [5, 5.41) is 9.06. The summed E-state index contributed by atoms with van der Waals surface area (Å²) in [5.41, 5.74) is 5.97. The summed E-state index contributed by atoms with van der Waals surface area (Å²) in [6.07, 6.45) is 0. The van der Waals surface area contributed by atoms with E-state index in [9.17, 15) is 0 Å². The second-order valence-electron chi connectivity index (χ2n) is 3.79.